The van der Waals surface area contributed by atoms with Crippen molar-refractivity contribution in [3.8, 4) is 0 Å². The molecule has 0 fully saturated rings. The number of carbonyl (C=O) groups excluding carboxylic acids is 1. The third kappa shape index (κ3) is 4.75. The highest BCUT2D eigenvalue weighted by molar-refractivity contribution is 7.98. The second kappa shape index (κ2) is 7.47. The van der Waals surface area contributed by atoms with Crippen LogP contribution in [0.4, 0.5) is 5.69 Å². The van der Waals surface area contributed by atoms with E-state index in [1.165, 1.54) is 0 Å². The number of amides is 1. The second-order valence-corrected chi connectivity index (χ2v) is 6.37. The predicted molar refractivity (Wildman–Crippen MR) is 86.7 cm³/mol. The average Bonchev–Trinajstić information content (AvgIpc) is 2.45. The Kier molecular flexibility index (Phi) is 6.23. The fraction of sp³-hybridized carbons (Fsp3) is 0.467. The Morgan fingerprint density at radius 1 is 1.33 bits per heavy atom. The minimum atomic E-state index is -0.961. The zero-order valence-electron chi connectivity index (χ0n) is 12.6. The van der Waals surface area contributed by atoms with Gasteiger partial charge in [0.2, 0.25) is 5.91 Å². The molecular weight excluding hydrogens is 288 g/mol. The number of nitrogens with two attached hydrogens (primary N) is 1. The molecule has 0 heterocycles. The molecule has 0 aromatic heterocycles. The Bertz CT molecular complexity index is 500. The molecule has 1 amide bonds. The first-order chi connectivity index (χ1) is 9.78. The van der Waals surface area contributed by atoms with Crippen LogP contribution in [0.25, 0.3) is 0 Å². The maximum Gasteiger partial charge on any atom is 0.313 e. The fourth-order valence-electron chi connectivity index (χ4n) is 1.70. The third-order valence-corrected chi connectivity index (χ3v) is 4.02. The second-order valence-electron chi connectivity index (χ2n) is 5.38. The Hall–Kier alpha value is -1.53. The van der Waals surface area contributed by atoms with Crippen molar-refractivity contribution in [2.24, 2.45) is 5.73 Å². The zero-order valence-corrected chi connectivity index (χ0v) is 13.4. The molecule has 0 saturated carbocycles. The van der Waals surface area contributed by atoms with E-state index >= 15 is 0 Å². The topological polar surface area (TPSA) is 92.4 Å². The van der Waals surface area contributed by atoms with Gasteiger partial charge in [0.25, 0.3) is 0 Å². The van der Waals surface area contributed by atoms with Crippen molar-refractivity contribution >= 4 is 29.3 Å². The number of carbonyl (C=O) groups is 2. The molecular formula is C15H22N2O3S. The molecule has 1 aromatic rings. The average molecular weight is 310 g/mol. The van der Waals surface area contributed by atoms with E-state index in [-0.39, 0.29) is 5.91 Å². The quantitative estimate of drug-likeness (QED) is 0.717. The first kappa shape index (κ1) is 17.5. The predicted octanol–water partition coefficient (Wildman–Crippen LogP) is 2.07. The van der Waals surface area contributed by atoms with E-state index in [2.05, 4.69) is 5.32 Å². The van der Waals surface area contributed by atoms with E-state index in [0.717, 1.165) is 5.75 Å². The number of hydrogen-bond donors (Lipinski definition) is 3. The van der Waals surface area contributed by atoms with Gasteiger partial charge in [0.15, 0.2) is 0 Å². The molecule has 0 aliphatic carbocycles. The van der Waals surface area contributed by atoms with E-state index in [1.54, 1.807) is 49.9 Å². The summed E-state index contributed by atoms with van der Waals surface area (Å²) in [5.41, 5.74) is 6.12. The molecule has 5 nitrogen and oxygen atoms in total. The van der Waals surface area contributed by atoms with E-state index in [1.807, 2.05) is 6.26 Å². The van der Waals surface area contributed by atoms with Crippen LogP contribution in [-0.2, 0) is 15.0 Å². The van der Waals surface area contributed by atoms with Crippen molar-refractivity contribution in [3.05, 3.63) is 29.8 Å². The molecule has 21 heavy (non-hydrogen) atoms. The van der Waals surface area contributed by atoms with Crippen molar-refractivity contribution in [3.63, 3.8) is 0 Å². The van der Waals surface area contributed by atoms with Crippen LogP contribution < -0.4 is 11.1 Å². The van der Waals surface area contributed by atoms with Gasteiger partial charge in [0, 0.05) is 5.69 Å². The highest BCUT2D eigenvalue weighted by Gasteiger charge is 2.29. The van der Waals surface area contributed by atoms with E-state index in [4.69, 9.17) is 5.73 Å². The summed E-state index contributed by atoms with van der Waals surface area (Å²) in [4.78, 5) is 23.1. The van der Waals surface area contributed by atoms with Crippen LogP contribution in [-0.4, -0.2) is 35.0 Å². The number of rotatable bonds is 7. The van der Waals surface area contributed by atoms with Crippen molar-refractivity contribution in [1.29, 1.82) is 0 Å². The van der Waals surface area contributed by atoms with Gasteiger partial charge in [0.1, 0.15) is 0 Å². The van der Waals surface area contributed by atoms with Crippen LogP contribution in [0, 0.1) is 0 Å². The van der Waals surface area contributed by atoms with Gasteiger partial charge >= 0.3 is 5.97 Å². The number of aliphatic carboxylic acids is 1. The summed E-state index contributed by atoms with van der Waals surface area (Å²) < 4.78 is 0. The molecule has 0 saturated heterocycles. The number of thioether (sulfide) groups is 1. The van der Waals surface area contributed by atoms with Crippen LogP contribution in [0.1, 0.15) is 25.8 Å². The SMILES string of the molecule is CSCC[C@@H](N)C(=O)Nc1ccc(C(C)(C)C(=O)O)cc1. The van der Waals surface area contributed by atoms with Crippen LogP contribution in [0.5, 0.6) is 0 Å². The molecule has 1 aromatic carbocycles. The van der Waals surface area contributed by atoms with Gasteiger partial charge in [-0.15, -0.1) is 0 Å². The first-order valence-electron chi connectivity index (χ1n) is 6.68. The summed E-state index contributed by atoms with van der Waals surface area (Å²) in [6, 6.07) is 6.26. The van der Waals surface area contributed by atoms with Crippen LogP contribution in [0.3, 0.4) is 0 Å². The summed E-state index contributed by atoms with van der Waals surface area (Å²) in [5.74, 6) is -0.284. The number of anilines is 1. The number of benzene rings is 1. The molecule has 0 spiro atoms. The zero-order chi connectivity index (χ0) is 16.0. The molecule has 6 heteroatoms. The fourth-order valence-corrected chi connectivity index (χ4v) is 2.19. The molecule has 0 bridgehead atoms. The van der Waals surface area contributed by atoms with E-state index in [9.17, 15) is 14.7 Å². The number of nitrogens with one attached hydrogen (secondary N) is 1. The maximum atomic E-state index is 11.9. The lowest BCUT2D eigenvalue weighted by atomic mass is 9.85. The monoisotopic (exact) mass is 310 g/mol. The maximum absolute atomic E-state index is 11.9. The molecule has 1 rings (SSSR count). The molecule has 116 valence electrons. The summed E-state index contributed by atoms with van der Waals surface area (Å²) in [7, 11) is 0. The van der Waals surface area contributed by atoms with Crippen molar-refractivity contribution in [2.45, 2.75) is 31.7 Å². The van der Waals surface area contributed by atoms with Gasteiger partial charge in [-0.3, -0.25) is 9.59 Å². The Balaban J connectivity index is 2.71. The lowest BCUT2D eigenvalue weighted by molar-refractivity contribution is -0.142. The number of hydrogen-bond acceptors (Lipinski definition) is 4. The van der Waals surface area contributed by atoms with Gasteiger partial charge in [0.05, 0.1) is 11.5 Å². The van der Waals surface area contributed by atoms with Crippen molar-refractivity contribution < 1.29 is 14.7 Å². The number of carboxylic acids is 1. The minimum Gasteiger partial charge on any atom is -0.481 e. The third-order valence-electron chi connectivity index (χ3n) is 3.38. The normalized spacial score (nSPS) is 12.8. The highest BCUT2D eigenvalue weighted by atomic mass is 32.2. The Morgan fingerprint density at radius 2 is 1.90 bits per heavy atom. The summed E-state index contributed by atoms with van der Waals surface area (Å²) in [6.45, 7) is 3.28. The summed E-state index contributed by atoms with van der Waals surface area (Å²) in [5, 5.41) is 11.9. The van der Waals surface area contributed by atoms with Gasteiger partial charge in [-0.1, -0.05) is 12.1 Å². The van der Waals surface area contributed by atoms with Gasteiger partial charge in [-0.2, -0.15) is 11.8 Å². The largest absolute Gasteiger partial charge is 0.481 e. The van der Waals surface area contributed by atoms with Crippen LogP contribution in [0.2, 0.25) is 0 Å². The molecule has 1 atom stereocenters. The lowest BCUT2D eigenvalue weighted by Gasteiger charge is -2.20. The molecule has 0 aliphatic rings. The Labute approximate surface area is 129 Å². The summed E-state index contributed by atoms with van der Waals surface area (Å²) in [6.07, 6.45) is 2.59. The smallest absolute Gasteiger partial charge is 0.313 e. The molecule has 4 N–H and O–H groups in total. The molecule has 0 radical (unpaired) electrons. The minimum absolute atomic E-state index is 0.228. The molecule has 0 unspecified atom stereocenters. The lowest BCUT2D eigenvalue weighted by Crippen LogP contribution is -2.36. The number of carboxylic acid groups (broad SMARTS) is 1. The van der Waals surface area contributed by atoms with Gasteiger partial charge in [-0.05, 0) is 50.0 Å². The van der Waals surface area contributed by atoms with Gasteiger partial charge < -0.3 is 16.2 Å². The van der Waals surface area contributed by atoms with Crippen molar-refractivity contribution in [2.75, 3.05) is 17.3 Å². The Morgan fingerprint density at radius 3 is 2.38 bits per heavy atom. The highest BCUT2D eigenvalue weighted by Crippen LogP contribution is 2.24. The standard InChI is InChI=1S/C15H22N2O3S/c1-15(2,14(19)20)10-4-6-11(7-5-10)17-13(18)12(16)8-9-21-3/h4-7,12H,8-9,16H2,1-3H3,(H,17,18)(H,19,20)/t12-/m1/s1. The molecule has 0 aliphatic heterocycles. The van der Waals surface area contributed by atoms with E-state index in [0.29, 0.717) is 17.7 Å². The van der Waals surface area contributed by atoms with E-state index < -0.39 is 17.4 Å². The van der Waals surface area contributed by atoms with Crippen LogP contribution in [0.15, 0.2) is 24.3 Å². The van der Waals surface area contributed by atoms with Crippen LogP contribution >= 0.6 is 11.8 Å². The summed E-state index contributed by atoms with van der Waals surface area (Å²) >= 11 is 1.65. The van der Waals surface area contributed by atoms with Gasteiger partial charge in [-0.25, -0.2) is 0 Å². The first-order valence-corrected chi connectivity index (χ1v) is 8.07. The van der Waals surface area contributed by atoms with Crippen molar-refractivity contribution in [1.82, 2.24) is 0 Å².